The van der Waals surface area contributed by atoms with Crippen LogP contribution in [-0.4, -0.2) is 62.9 Å². The van der Waals surface area contributed by atoms with E-state index >= 15 is 0 Å². The van der Waals surface area contributed by atoms with Crippen LogP contribution in [0.15, 0.2) is 88.6 Å². The quantitative estimate of drug-likeness (QED) is 0.185. The van der Waals surface area contributed by atoms with E-state index in [0.29, 0.717) is 46.7 Å². The molecule has 0 radical (unpaired) electrons. The van der Waals surface area contributed by atoms with Crippen LogP contribution in [0.1, 0.15) is 46.9 Å². The first-order valence-electron chi connectivity index (χ1n) is 17.6. The monoisotopic (exact) mass is 802 g/mol. The fourth-order valence-corrected chi connectivity index (χ4v) is 7.52. The van der Waals surface area contributed by atoms with Crippen LogP contribution >= 0.6 is 0 Å². The number of nitrogens with zero attached hydrogens (tertiary/aromatic N) is 5. The van der Waals surface area contributed by atoms with Gasteiger partial charge in [-0.25, -0.2) is 28.0 Å². The minimum Gasteiger partial charge on any atom is -0.508 e. The van der Waals surface area contributed by atoms with Crippen molar-refractivity contribution in [3.8, 4) is 34.1 Å². The fraction of sp³-hybridized carbons (Fsp3) is 0.250. The molecule has 0 bridgehead atoms. The summed E-state index contributed by atoms with van der Waals surface area (Å²) in [6.45, 7) is 4.28. The molecule has 57 heavy (non-hydrogen) atoms. The third-order valence-electron chi connectivity index (χ3n) is 10.0. The Morgan fingerprint density at radius 3 is 2.28 bits per heavy atom. The zero-order chi connectivity index (χ0) is 41.2. The number of phenols is 1. The highest BCUT2D eigenvalue weighted by Crippen LogP contribution is 2.40. The number of aliphatic hydroxyl groups is 1. The lowest BCUT2D eigenvalue weighted by atomic mass is 9.86. The van der Waals surface area contributed by atoms with Crippen molar-refractivity contribution in [3.63, 3.8) is 0 Å². The van der Waals surface area contributed by atoms with Crippen LogP contribution in [-0.2, 0) is 51.0 Å². The number of pyridine rings is 2. The predicted molar refractivity (Wildman–Crippen MR) is 204 cm³/mol. The zero-order valence-electron chi connectivity index (χ0n) is 31.1. The second kappa shape index (κ2) is 14.3. The molecule has 2 aliphatic rings. The Morgan fingerprint density at radius 2 is 1.67 bits per heavy atom. The molecular formula is C40H37F3N6O7S. The third-order valence-corrected chi connectivity index (χ3v) is 10.9. The van der Waals surface area contributed by atoms with Crippen molar-refractivity contribution in [1.29, 1.82) is 0 Å². The molecule has 0 unspecified atom stereocenters. The molecule has 8 rings (SSSR count). The number of aromatic hydroxyl groups is 1. The lowest BCUT2D eigenvalue weighted by Crippen LogP contribution is -2.44. The number of carbonyl (C=O) groups excluding carboxylic acids is 1. The molecule has 296 valence electrons. The average molecular weight is 803 g/mol. The summed E-state index contributed by atoms with van der Waals surface area (Å²) in [5, 5.41) is 30.9. The zero-order valence-corrected chi connectivity index (χ0v) is 31.9. The van der Waals surface area contributed by atoms with Gasteiger partial charge in [-0.05, 0) is 82.0 Å². The maximum Gasteiger partial charge on any atom is 0.435 e. The third kappa shape index (κ3) is 7.18. The van der Waals surface area contributed by atoms with Crippen LogP contribution in [0.4, 0.5) is 13.2 Å². The molecule has 6 aromatic rings. The van der Waals surface area contributed by atoms with Gasteiger partial charge in [-0.15, -0.1) is 0 Å². The Bertz CT molecular complexity index is 2750. The summed E-state index contributed by atoms with van der Waals surface area (Å²) < 4.78 is 69.9. The summed E-state index contributed by atoms with van der Waals surface area (Å²) in [5.41, 5.74) is 3.03. The van der Waals surface area contributed by atoms with Gasteiger partial charge in [-0.3, -0.25) is 4.79 Å². The summed E-state index contributed by atoms with van der Waals surface area (Å²) in [6, 6.07) is 20.1. The number of carbonyl (C=O) groups is 1. The van der Waals surface area contributed by atoms with Gasteiger partial charge < -0.3 is 24.4 Å². The van der Waals surface area contributed by atoms with Gasteiger partial charge in [0.2, 0.25) is 10.0 Å². The number of hydrogen-bond donors (Lipinski definition) is 3. The van der Waals surface area contributed by atoms with E-state index in [-0.39, 0.29) is 40.6 Å². The number of esters is 1. The van der Waals surface area contributed by atoms with Crippen LogP contribution in [0.3, 0.4) is 0 Å². The second-order valence-electron chi connectivity index (χ2n) is 14.2. The lowest BCUT2D eigenvalue weighted by Gasteiger charge is -2.31. The average Bonchev–Trinajstić information content (AvgIpc) is 3.77. The molecule has 0 aliphatic carbocycles. The maximum atomic E-state index is 13.2. The Labute approximate surface area is 324 Å². The van der Waals surface area contributed by atoms with Crippen molar-refractivity contribution >= 4 is 26.9 Å². The highest BCUT2D eigenvalue weighted by atomic mass is 32.2. The fourth-order valence-electron chi connectivity index (χ4n) is 7.01. The number of halogens is 3. The number of cyclic esters (lactones) is 1. The lowest BCUT2D eigenvalue weighted by molar-refractivity contribution is -0.172. The van der Waals surface area contributed by atoms with Gasteiger partial charge in [-0.2, -0.15) is 18.3 Å². The molecule has 0 amide bonds. The van der Waals surface area contributed by atoms with Crippen molar-refractivity contribution in [2.24, 2.45) is 5.14 Å². The number of benzene rings is 3. The molecule has 0 fully saturated rings. The smallest absolute Gasteiger partial charge is 0.435 e. The Morgan fingerprint density at radius 1 is 0.982 bits per heavy atom. The summed E-state index contributed by atoms with van der Waals surface area (Å²) in [5.74, 6) is -0.532. The minimum atomic E-state index is -4.61. The SMILES string of the molecule is CC[C@@]1(O)C(=O)OCc2c1cc1n(c2=O)Cc2cc3c(CN(C)C)c(O)ccc3nc2-1.Cc1ccc(-c2cc(C(F)(F)F)nn2-c2ccc(S(N)(=O)=O)cc2)cc1. The van der Waals surface area contributed by atoms with Crippen molar-refractivity contribution < 1.29 is 41.3 Å². The van der Waals surface area contributed by atoms with E-state index in [0.717, 1.165) is 32.8 Å². The highest BCUT2D eigenvalue weighted by Gasteiger charge is 2.45. The van der Waals surface area contributed by atoms with Crippen LogP contribution in [0.5, 0.6) is 5.75 Å². The number of fused-ring (bicyclic) bond motifs is 5. The number of aromatic nitrogens is 4. The first kappa shape index (κ1) is 39.4. The first-order valence-corrected chi connectivity index (χ1v) is 19.2. The van der Waals surface area contributed by atoms with Gasteiger partial charge in [0, 0.05) is 34.2 Å². The van der Waals surface area contributed by atoms with Crippen LogP contribution in [0.25, 0.3) is 39.2 Å². The van der Waals surface area contributed by atoms with E-state index in [1.807, 2.05) is 32.0 Å². The summed E-state index contributed by atoms with van der Waals surface area (Å²) in [4.78, 5) is 32.1. The van der Waals surface area contributed by atoms with Gasteiger partial charge in [0.1, 0.15) is 12.4 Å². The van der Waals surface area contributed by atoms with Crippen molar-refractivity contribution in [2.45, 2.75) is 56.6 Å². The van der Waals surface area contributed by atoms with E-state index in [1.54, 1.807) is 54.0 Å². The number of nitrogens with two attached hydrogens (primary N) is 1. The second-order valence-corrected chi connectivity index (χ2v) is 15.8. The molecule has 3 aromatic heterocycles. The summed E-state index contributed by atoms with van der Waals surface area (Å²) >= 11 is 0. The molecule has 0 spiro atoms. The number of ether oxygens (including phenoxy) is 1. The number of sulfonamides is 1. The van der Waals surface area contributed by atoms with E-state index in [2.05, 4.69) is 5.10 Å². The first-order chi connectivity index (χ1) is 26.8. The number of hydrogen-bond acceptors (Lipinski definition) is 10. The summed E-state index contributed by atoms with van der Waals surface area (Å²) in [7, 11) is -0.0409. The molecule has 0 saturated carbocycles. The van der Waals surface area contributed by atoms with Crippen LogP contribution in [0, 0.1) is 6.92 Å². The molecule has 4 N–H and O–H groups in total. The topological polar surface area (TPSA) is 183 Å². The van der Waals surface area contributed by atoms with Crippen molar-refractivity contribution in [2.75, 3.05) is 14.1 Å². The molecular weight excluding hydrogens is 766 g/mol. The van der Waals surface area contributed by atoms with Crippen LogP contribution in [0.2, 0.25) is 0 Å². The Kier molecular flexibility index (Phi) is 9.84. The largest absolute Gasteiger partial charge is 0.508 e. The van der Waals surface area contributed by atoms with E-state index in [1.165, 1.54) is 24.3 Å². The van der Waals surface area contributed by atoms with Crippen molar-refractivity contribution in [3.05, 3.63) is 123 Å². The van der Waals surface area contributed by atoms with Crippen molar-refractivity contribution in [1.82, 2.24) is 24.2 Å². The molecule has 17 heteroatoms. The number of alkyl halides is 3. The molecule has 5 heterocycles. The maximum absolute atomic E-state index is 13.2. The Balaban J connectivity index is 0.000000177. The summed E-state index contributed by atoms with van der Waals surface area (Å²) in [6.07, 6.45) is -4.50. The minimum absolute atomic E-state index is 0.104. The molecule has 3 aromatic carbocycles. The van der Waals surface area contributed by atoms with E-state index in [9.17, 15) is 41.4 Å². The number of aryl methyl sites for hydroxylation is 1. The number of rotatable bonds is 6. The molecule has 0 saturated heterocycles. The predicted octanol–water partition coefficient (Wildman–Crippen LogP) is 5.36. The van der Waals surface area contributed by atoms with Gasteiger partial charge in [0.15, 0.2) is 11.3 Å². The number of phenolic OH excluding ortho intramolecular Hbond substituents is 1. The van der Waals surface area contributed by atoms with E-state index < -0.39 is 33.5 Å². The molecule has 1 atom stereocenters. The van der Waals surface area contributed by atoms with Gasteiger partial charge in [0.25, 0.3) is 5.56 Å². The van der Waals surface area contributed by atoms with Gasteiger partial charge in [0.05, 0.1) is 45.3 Å². The van der Waals surface area contributed by atoms with Gasteiger partial charge in [-0.1, -0.05) is 36.8 Å². The highest BCUT2D eigenvalue weighted by molar-refractivity contribution is 7.89. The standard InChI is InChI=1S/C23H23N3O5.C17H14F3N3O2S/c1-4-23(30)16-8-18-20-12(9-26(18)21(28)15(16)11-31-22(23)29)7-13-14(10-25(2)3)19(27)6-5-17(13)24-20;1-11-2-4-12(5-3-11)15-10-16(17(18,19)20)22-23(15)13-6-8-14(9-7-13)26(21,24)25/h5-8,27,30H,4,9-11H2,1-3H3;2-10H,1H3,(H2,21,24,25)/t23-;/m0./s1. The molecule has 13 nitrogen and oxygen atoms in total. The Hall–Kier alpha value is -5.88. The normalized spacial score (nSPS) is 16.1. The molecule has 2 aliphatic heterocycles. The van der Waals surface area contributed by atoms with E-state index in [4.69, 9.17) is 14.9 Å². The van der Waals surface area contributed by atoms with Gasteiger partial charge >= 0.3 is 12.1 Å². The number of primary sulfonamides is 1. The van der Waals surface area contributed by atoms with Crippen LogP contribution < -0.4 is 10.7 Å².